The van der Waals surface area contributed by atoms with E-state index in [0.717, 1.165) is 25.9 Å². The highest BCUT2D eigenvalue weighted by molar-refractivity contribution is 6.13. The molecule has 0 bridgehead atoms. The minimum absolute atomic E-state index is 0.242. The van der Waals surface area contributed by atoms with Crippen LogP contribution in [0.1, 0.15) is 19.3 Å². The maximum Gasteiger partial charge on any atom is 0.349 e. The number of carbonyl (C=O) groups excluding carboxylic acids is 2. The summed E-state index contributed by atoms with van der Waals surface area (Å²) in [5.41, 5.74) is 0. The summed E-state index contributed by atoms with van der Waals surface area (Å²) in [5, 5.41) is 2.14. The van der Waals surface area contributed by atoms with E-state index >= 15 is 0 Å². The quantitative estimate of drug-likeness (QED) is 0.577. The molecule has 0 aromatic rings. The van der Waals surface area contributed by atoms with Crippen LogP contribution >= 0.6 is 0 Å². The average molecular weight is 181 g/mol. The van der Waals surface area contributed by atoms with Gasteiger partial charge in [-0.3, -0.25) is 10.1 Å². The molecule has 2 rings (SSSR count). The summed E-state index contributed by atoms with van der Waals surface area (Å²) in [7, 11) is 0. The van der Waals surface area contributed by atoms with Crippen LogP contribution in [0.5, 0.6) is 0 Å². The van der Waals surface area contributed by atoms with E-state index in [1.54, 1.807) is 0 Å². The van der Waals surface area contributed by atoms with E-state index in [2.05, 4.69) is 10.3 Å². The minimum atomic E-state index is -0.529. The number of nitrogens with zero attached hydrogens (tertiary/aromatic N) is 2. The summed E-state index contributed by atoms with van der Waals surface area (Å²) in [6.07, 6.45) is 2.48. The number of amidine groups is 1. The Morgan fingerprint density at radius 2 is 1.92 bits per heavy atom. The van der Waals surface area contributed by atoms with E-state index < -0.39 is 6.03 Å². The minimum Gasteiger partial charge on any atom is -0.359 e. The van der Waals surface area contributed by atoms with Crippen LogP contribution in [0, 0.1) is 0 Å². The van der Waals surface area contributed by atoms with Crippen molar-refractivity contribution in [2.45, 2.75) is 19.3 Å². The number of urea groups is 1. The molecule has 13 heavy (non-hydrogen) atoms. The van der Waals surface area contributed by atoms with Gasteiger partial charge >= 0.3 is 6.03 Å². The third kappa shape index (κ3) is 1.68. The predicted molar refractivity (Wildman–Crippen MR) is 46.4 cm³/mol. The lowest BCUT2D eigenvalue weighted by Crippen LogP contribution is -2.41. The second kappa shape index (κ2) is 3.16. The number of nitrogens with one attached hydrogen (secondary N) is 1. The van der Waals surface area contributed by atoms with Crippen molar-refractivity contribution in [3.8, 4) is 0 Å². The fraction of sp³-hybridized carbons (Fsp3) is 0.625. The SMILES string of the molecule is O=C1CC(N2CCCC2)=NC(=O)N1. The Morgan fingerprint density at radius 3 is 2.54 bits per heavy atom. The summed E-state index contributed by atoms with van der Waals surface area (Å²) in [5.74, 6) is 0.383. The Bertz CT molecular complexity index is 279. The van der Waals surface area contributed by atoms with Crippen molar-refractivity contribution in [2.24, 2.45) is 4.99 Å². The zero-order valence-electron chi connectivity index (χ0n) is 7.25. The van der Waals surface area contributed by atoms with Gasteiger partial charge in [0, 0.05) is 13.1 Å². The zero-order valence-corrected chi connectivity index (χ0v) is 7.25. The molecule has 0 aliphatic carbocycles. The topological polar surface area (TPSA) is 61.8 Å². The van der Waals surface area contributed by atoms with Gasteiger partial charge in [0.2, 0.25) is 5.91 Å². The van der Waals surface area contributed by atoms with Crippen molar-refractivity contribution in [1.82, 2.24) is 10.2 Å². The number of amides is 3. The third-order valence-corrected chi connectivity index (χ3v) is 2.27. The fourth-order valence-corrected chi connectivity index (χ4v) is 1.65. The van der Waals surface area contributed by atoms with Gasteiger partial charge in [0.05, 0.1) is 6.42 Å². The van der Waals surface area contributed by atoms with Crippen molar-refractivity contribution >= 4 is 17.8 Å². The van der Waals surface area contributed by atoms with Crippen molar-refractivity contribution < 1.29 is 9.59 Å². The first kappa shape index (κ1) is 8.22. The monoisotopic (exact) mass is 181 g/mol. The molecule has 0 unspecified atom stereocenters. The highest BCUT2D eigenvalue weighted by Crippen LogP contribution is 2.11. The first-order valence-corrected chi connectivity index (χ1v) is 4.42. The molecule has 1 fully saturated rings. The number of hydrogen-bond acceptors (Lipinski definition) is 3. The van der Waals surface area contributed by atoms with Crippen molar-refractivity contribution in [2.75, 3.05) is 13.1 Å². The normalized spacial score (nSPS) is 23.1. The zero-order chi connectivity index (χ0) is 9.26. The number of aliphatic imine (C=N–C) groups is 1. The van der Waals surface area contributed by atoms with Gasteiger partial charge in [-0.1, -0.05) is 0 Å². The van der Waals surface area contributed by atoms with Gasteiger partial charge in [-0.25, -0.2) is 4.79 Å². The lowest BCUT2D eigenvalue weighted by Gasteiger charge is -2.21. The number of rotatable bonds is 0. The molecule has 1 saturated heterocycles. The van der Waals surface area contributed by atoms with Crippen molar-refractivity contribution in [3.05, 3.63) is 0 Å². The Labute approximate surface area is 75.8 Å². The van der Waals surface area contributed by atoms with Gasteiger partial charge in [-0.15, -0.1) is 0 Å². The van der Waals surface area contributed by atoms with E-state index in [1.165, 1.54) is 0 Å². The molecular weight excluding hydrogens is 170 g/mol. The second-order valence-corrected chi connectivity index (χ2v) is 3.25. The molecule has 2 heterocycles. The number of carbonyl (C=O) groups is 2. The molecule has 5 nitrogen and oxygen atoms in total. The lowest BCUT2D eigenvalue weighted by atomic mass is 10.3. The lowest BCUT2D eigenvalue weighted by molar-refractivity contribution is -0.119. The van der Waals surface area contributed by atoms with Crippen LogP contribution in [0.2, 0.25) is 0 Å². The van der Waals surface area contributed by atoms with E-state index in [1.807, 2.05) is 4.90 Å². The van der Waals surface area contributed by atoms with Crippen LogP contribution < -0.4 is 5.32 Å². The average Bonchev–Trinajstić information content (AvgIpc) is 2.53. The molecule has 0 saturated carbocycles. The Kier molecular flexibility index (Phi) is 2.00. The molecule has 0 aromatic carbocycles. The van der Waals surface area contributed by atoms with Crippen molar-refractivity contribution in [3.63, 3.8) is 0 Å². The van der Waals surface area contributed by atoms with Crippen LogP contribution in [-0.4, -0.2) is 35.8 Å². The maximum absolute atomic E-state index is 11.0. The summed E-state index contributed by atoms with van der Waals surface area (Å²) < 4.78 is 0. The molecule has 70 valence electrons. The number of hydrogen-bond donors (Lipinski definition) is 1. The van der Waals surface area contributed by atoms with E-state index in [0.29, 0.717) is 5.84 Å². The molecule has 0 aromatic heterocycles. The Balaban J connectivity index is 2.12. The standard InChI is InChI=1S/C8H11N3O2/c12-7-5-6(9-8(13)10-7)11-3-1-2-4-11/h1-5H2,(H,10,12,13). The van der Waals surface area contributed by atoms with Crippen LogP contribution in [0.4, 0.5) is 4.79 Å². The molecule has 1 N–H and O–H groups in total. The summed E-state index contributed by atoms with van der Waals surface area (Å²) in [4.78, 5) is 27.7. The highest BCUT2D eigenvalue weighted by Gasteiger charge is 2.24. The molecule has 5 heteroatoms. The van der Waals surface area contributed by atoms with Gasteiger partial charge in [0.1, 0.15) is 5.84 Å². The summed E-state index contributed by atoms with van der Waals surface area (Å²) >= 11 is 0. The van der Waals surface area contributed by atoms with Gasteiger partial charge in [-0.05, 0) is 12.8 Å². The molecule has 2 aliphatic heterocycles. The van der Waals surface area contributed by atoms with E-state index in [9.17, 15) is 9.59 Å². The summed E-state index contributed by atoms with van der Waals surface area (Å²) in [6.45, 7) is 1.83. The van der Waals surface area contributed by atoms with Gasteiger partial charge in [0.15, 0.2) is 0 Å². The molecular formula is C8H11N3O2. The van der Waals surface area contributed by atoms with Crippen molar-refractivity contribution in [1.29, 1.82) is 0 Å². The molecule has 0 atom stereocenters. The first-order chi connectivity index (χ1) is 6.25. The van der Waals surface area contributed by atoms with Crippen LogP contribution in [0.3, 0.4) is 0 Å². The maximum atomic E-state index is 11.0. The van der Waals surface area contributed by atoms with Crippen LogP contribution in [0.25, 0.3) is 0 Å². The predicted octanol–water partition coefficient (Wildman–Crippen LogP) is 0.121. The van der Waals surface area contributed by atoms with Crippen LogP contribution in [0.15, 0.2) is 4.99 Å². The van der Waals surface area contributed by atoms with Crippen LogP contribution in [-0.2, 0) is 4.79 Å². The first-order valence-electron chi connectivity index (χ1n) is 4.42. The van der Waals surface area contributed by atoms with Gasteiger partial charge < -0.3 is 4.90 Å². The Hall–Kier alpha value is -1.39. The molecule has 2 aliphatic rings. The largest absolute Gasteiger partial charge is 0.359 e. The number of likely N-dealkylation sites (tertiary alicyclic amines) is 1. The Morgan fingerprint density at radius 1 is 1.23 bits per heavy atom. The molecule has 0 radical (unpaired) electrons. The second-order valence-electron chi connectivity index (χ2n) is 3.25. The third-order valence-electron chi connectivity index (χ3n) is 2.27. The van der Waals surface area contributed by atoms with Gasteiger partial charge in [-0.2, -0.15) is 4.99 Å². The van der Waals surface area contributed by atoms with E-state index in [-0.39, 0.29) is 12.3 Å². The fourth-order valence-electron chi connectivity index (χ4n) is 1.65. The molecule has 0 spiro atoms. The highest BCUT2D eigenvalue weighted by atomic mass is 16.2. The van der Waals surface area contributed by atoms with E-state index in [4.69, 9.17) is 0 Å². The molecule has 3 amide bonds. The number of imide groups is 1. The summed E-state index contributed by atoms with van der Waals surface area (Å²) in [6, 6.07) is -0.529. The van der Waals surface area contributed by atoms with Gasteiger partial charge in [0.25, 0.3) is 0 Å². The smallest absolute Gasteiger partial charge is 0.349 e.